The maximum atomic E-state index is 14.2. The van der Waals surface area contributed by atoms with Crippen LogP contribution in [-0.2, 0) is 11.2 Å². The summed E-state index contributed by atoms with van der Waals surface area (Å²) in [5.41, 5.74) is 5.57. The molecule has 1 fully saturated rings. The van der Waals surface area contributed by atoms with E-state index in [4.69, 9.17) is 0 Å². The Kier molecular flexibility index (Phi) is 5.59. The third kappa shape index (κ3) is 3.68. The van der Waals surface area contributed by atoms with Crippen LogP contribution in [0.2, 0.25) is 0 Å². The Bertz CT molecular complexity index is 1340. The van der Waals surface area contributed by atoms with Crippen molar-refractivity contribution in [3.05, 3.63) is 101 Å². The second-order valence-corrected chi connectivity index (χ2v) is 9.87. The Labute approximate surface area is 211 Å². The van der Waals surface area contributed by atoms with Gasteiger partial charge in [-0.1, -0.05) is 42.5 Å². The van der Waals surface area contributed by atoms with Crippen molar-refractivity contribution in [3.63, 3.8) is 0 Å². The zero-order valence-corrected chi connectivity index (χ0v) is 20.4. The van der Waals surface area contributed by atoms with Crippen LogP contribution in [0.15, 0.2) is 72.8 Å². The normalized spacial score (nSPS) is 20.9. The van der Waals surface area contributed by atoms with E-state index in [1.54, 1.807) is 6.92 Å². The van der Waals surface area contributed by atoms with Crippen LogP contribution in [0.3, 0.4) is 0 Å². The summed E-state index contributed by atoms with van der Waals surface area (Å²) in [6.07, 6.45) is 0.808. The Morgan fingerprint density at radius 3 is 2.17 bits per heavy atom. The molecule has 0 unspecified atom stereocenters. The van der Waals surface area contributed by atoms with Gasteiger partial charge < -0.3 is 14.7 Å². The standard InChI is InChI=1S/C30H29N3O3/c1-20(34)21-10-12-23(13-11-21)31-16-18-32(19-17-31)30(36)27-25-8-4-5-9-26(25)29(35)33-15-14-22-6-2-3-7-24(22)28(27)33/h2-13,27-28H,14-19H2,1H3/t27-,28+/m1/s1. The highest BCUT2D eigenvalue weighted by atomic mass is 16.2. The molecule has 0 bridgehead atoms. The van der Waals surface area contributed by atoms with Crippen LogP contribution in [-0.4, -0.2) is 60.1 Å². The minimum Gasteiger partial charge on any atom is -0.368 e. The molecule has 36 heavy (non-hydrogen) atoms. The van der Waals surface area contributed by atoms with Gasteiger partial charge in [0.25, 0.3) is 5.91 Å². The molecule has 2 amide bonds. The molecule has 2 atom stereocenters. The molecule has 0 aromatic heterocycles. The zero-order chi connectivity index (χ0) is 24.8. The summed E-state index contributed by atoms with van der Waals surface area (Å²) in [7, 11) is 0. The van der Waals surface area contributed by atoms with E-state index in [2.05, 4.69) is 17.0 Å². The second kappa shape index (κ2) is 8.94. The highest BCUT2D eigenvalue weighted by molar-refractivity contribution is 6.01. The first-order chi connectivity index (χ1) is 17.5. The van der Waals surface area contributed by atoms with Crippen molar-refractivity contribution in [2.75, 3.05) is 37.6 Å². The number of rotatable bonds is 3. The lowest BCUT2D eigenvalue weighted by Crippen LogP contribution is -2.54. The summed E-state index contributed by atoms with van der Waals surface area (Å²) in [5.74, 6) is -0.246. The maximum Gasteiger partial charge on any atom is 0.254 e. The Balaban J connectivity index is 1.29. The highest BCUT2D eigenvalue weighted by Gasteiger charge is 2.47. The Morgan fingerprint density at radius 2 is 1.44 bits per heavy atom. The molecule has 3 aliphatic heterocycles. The van der Waals surface area contributed by atoms with Crippen LogP contribution in [0, 0.1) is 0 Å². The smallest absolute Gasteiger partial charge is 0.254 e. The van der Waals surface area contributed by atoms with Crippen molar-refractivity contribution in [2.45, 2.75) is 25.3 Å². The van der Waals surface area contributed by atoms with Crippen LogP contribution in [0.5, 0.6) is 0 Å². The predicted octanol–water partition coefficient (Wildman–Crippen LogP) is 4.07. The topological polar surface area (TPSA) is 60.9 Å². The van der Waals surface area contributed by atoms with Gasteiger partial charge in [0, 0.05) is 49.5 Å². The van der Waals surface area contributed by atoms with E-state index in [9.17, 15) is 14.4 Å². The number of hydrogen-bond acceptors (Lipinski definition) is 4. The predicted molar refractivity (Wildman–Crippen MR) is 138 cm³/mol. The number of carbonyl (C=O) groups excluding carboxylic acids is 3. The van der Waals surface area contributed by atoms with Crippen LogP contribution in [0.1, 0.15) is 56.3 Å². The summed E-state index contributed by atoms with van der Waals surface area (Å²) >= 11 is 0. The molecular weight excluding hydrogens is 450 g/mol. The molecule has 0 N–H and O–H groups in total. The number of carbonyl (C=O) groups is 3. The van der Waals surface area contributed by atoms with Gasteiger partial charge in [0.2, 0.25) is 5.91 Å². The van der Waals surface area contributed by atoms with E-state index in [0.29, 0.717) is 30.8 Å². The minimum atomic E-state index is -0.415. The first-order valence-corrected chi connectivity index (χ1v) is 12.7. The average molecular weight is 480 g/mol. The fourth-order valence-electron chi connectivity index (χ4n) is 6.03. The molecule has 0 saturated carbocycles. The lowest BCUT2D eigenvalue weighted by atomic mass is 9.75. The fourth-order valence-corrected chi connectivity index (χ4v) is 6.03. The number of Topliss-reactive ketones (excluding diaryl/α,β-unsaturated/α-hetero) is 1. The van der Waals surface area contributed by atoms with Gasteiger partial charge in [0.05, 0.1) is 12.0 Å². The number of ketones is 1. The number of amides is 2. The van der Waals surface area contributed by atoms with Gasteiger partial charge >= 0.3 is 0 Å². The molecule has 0 spiro atoms. The SMILES string of the molecule is CC(=O)c1ccc(N2CCN(C(=O)[C@@H]3c4ccccc4C(=O)N4CCc5ccccc5[C@@H]34)CC2)cc1. The summed E-state index contributed by atoms with van der Waals surface area (Å²) in [4.78, 5) is 45.4. The quantitative estimate of drug-likeness (QED) is 0.532. The Hall–Kier alpha value is -3.93. The lowest BCUT2D eigenvalue weighted by molar-refractivity contribution is -0.135. The molecule has 182 valence electrons. The van der Waals surface area contributed by atoms with E-state index in [1.165, 1.54) is 5.56 Å². The number of benzene rings is 3. The lowest BCUT2D eigenvalue weighted by Gasteiger charge is -2.47. The third-order valence-corrected chi connectivity index (χ3v) is 7.93. The number of piperazine rings is 1. The number of fused-ring (bicyclic) bond motifs is 4. The molecule has 3 aromatic carbocycles. The average Bonchev–Trinajstić information content (AvgIpc) is 2.93. The number of nitrogens with zero attached hydrogens (tertiary/aromatic N) is 3. The summed E-state index contributed by atoms with van der Waals surface area (Å²) in [5, 5.41) is 0. The van der Waals surface area contributed by atoms with Gasteiger partial charge in [-0.2, -0.15) is 0 Å². The maximum absolute atomic E-state index is 14.2. The number of hydrogen-bond donors (Lipinski definition) is 0. The van der Waals surface area contributed by atoms with Crippen molar-refractivity contribution in [1.82, 2.24) is 9.80 Å². The molecule has 6 nitrogen and oxygen atoms in total. The molecule has 1 saturated heterocycles. The molecule has 6 heteroatoms. The van der Waals surface area contributed by atoms with Gasteiger partial charge in [0.1, 0.15) is 0 Å². The number of anilines is 1. The largest absolute Gasteiger partial charge is 0.368 e. The van der Waals surface area contributed by atoms with E-state index in [0.717, 1.165) is 36.3 Å². The second-order valence-electron chi connectivity index (χ2n) is 9.87. The van der Waals surface area contributed by atoms with E-state index < -0.39 is 5.92 Å². The summed E-state index contributed by atoms with van der Waals surface area (Å²) < 4.78 is 0. The van der Waals surface area contributed by atoms with Crippen LogP contribution in [0.4, 0.5) is 5.69 Å². The van der Waals surface area contributed by atoms with Gasteiger partial charge in [-0.25, -0.2) is 0 Å². The van der Waals surface area contributed by atoms with Gasteiger partial charge in [0.15, 0.2) is 5.78 Å². The highest BCUT2D eigenvalue weighted by Crippen LogP contribution is 2.46. The minimum absolute atomic E-state index is 0.0213. The molecule has 3 aromatic rings. The van der Waals surface area contributed by atoms with Crippen molar-refractivity contribution >= 4 is 23.3 Å². The first kappa shape index (κ1) is 22.5. The molecule has 3 heterocycles. The van der Waals surface area contributed by atoms with Crippen LogP contribution >= 0.6 is 0 Å². The van der Waals surface area contributed by atoms with E-state index in [1.807, 2.05) is 70.5 Å². The Morgan fingerprint density at radius 1 is 0.778 bits per heavy atom. The van der Waals surface area contributed by atoms with Crippen LogP contribution < -0.4 is 4.90 Å². The third-order valence-electron chi connectivity index (χ3n) is 7.93. The molecular formula is C30H29N3O3. The molecule has 6 rings (SSSR count). The van der Waals surface area contributed by atoms with Gasteiger partial charge in [-0.15, -0.1) is 0 Å². The molecule has 0 aliphatic carbocycles. The van der Waals surface area contributed by atoms with Gasteiger partial charge in [-0.3, -0.25) is 14.4 Å². The van der Waals surface area contributed by atoms with Crippen molar-refractivity contribution in [1.29, 1.82) is 0 Å². The first-order valence-electron chi connectivity index (χ1n) is 12.7. The monoisotopic (exact) mass is 479 g/mol. The summed E-state index contributed by atoms with van der Waals surface area (Å²) in [6, 6.07) is 23.3. The summed E-state index contributed by atoms with van der Waals surface area (Å²) in [6.45, 7) is 4.89. The van der Waals surface area contributed by atoms with Crippen molar-refractivity contribution in [3.8, 4) is 0 Å². The van der Waals surface area contributed by atoms with E-state index in [-0.39, 0.29) is 23.6 Å². The van der Waals surface area contributed by atoms with Crippen molar-refractivity contribution < 1.29 is 14.4 Å². The van der Waals surface area contributed by atoms with Gasteiger partial charge in [-0.05, 0) is 60.4 Å². The fraction of sp³-hybridized carbons (Fsp3) is 0.300. The molecule has 0 radical (unpaired) electrons. The zero-order valence-electron chi connectivity index (χ0n) is 20.4. The van der Waals surface area contributed by atoms with Crippen LogP contribution in [0.25, 0.3) is 0 Å². The van der Waals surface area contributed by atoms with Crippen molar-refractivity contribution in [2.24, 2.45) is 0 Å². The van der Waals surface area contributed by atoms with E-state index >= 15 is 0 Å². The molecule has 3 aliphatic rings.